The molecule has 1 N–H and O–H groups in total. The van der Waals surface area contributed by atoms with Gasteiger partial charge in [0.25, 0.3) is 5.91 Å². The molecule has 54 heavy (non-hydrogen) atoms. The van der Waals surface area contributed by atoms with Crippen molar-refractivity contribution in [2.45, 2.75) is 73.8 Å². The van der Waals surface area contributed by atoms with Crippen molar-refractivity contribution in [2.24, 2.45) is 0 Å². The molecule has 0 spiro atoms. The van der Waals surface area contributed by atoms with Crippen molar-refractivity contribution in [3.63, 3.8) is 0 Å². The minimum absolute atomic E-state index is 0.0251. The smallest absolute Gasteiger partial charge is 0.337 e. The monoisotopic (exact) mass is 786 g/mol. The molecule has 3 aromatic carbocycles. The van der Waals surface area contributed by atoms with E-state index in [0.717, 1.165) is 42.7 Å². The molecule has 1 aromatic heterocycles. The molecular formula is C37H35F9N4O3S. The van der Waals surface area contributed by atoms with Crippen molar-refractivity contribution in [3.8, 4) is 11.3 Å². The maximum Gasteiger partial charge on any atom is 0.416 e. The van der Waals surface area contributed by atoms with E-state index in [2.05, 4.69) is 4.98 Å². The number of alkyl halides is 9. The first-order valence-electron chi connectivity index (χ1n) is 17.0. The zero-order valence-electron chi connectivity index (χ0n) is 28.7. The lowest BCUT2D eigenvalue weighted by atomic mass is 9.93. The molecule has 2 unspecified atom stereocenters. The van der Waals surface area contributed by atoms with E-state index in [-0.39, 0.29) is 83.6 Å². The summed E-state index contributed by atoms with van der Waals surface area (Å²) in [4.78, 5) is 21.9. The van der Waals surface area contributed by atoms with Crippen LogP contribution in [0.25, 0.3) is 22.2 Å². The molecule has 0 radical (unpaired) electrons. The van der Waals surface area contributed by atoms with E-state index in [1.165, 1.54) is 41.3 Å². The van der Waals surface area contributed by atoms with Gasteiger partial charge in [0.05, 0.1) is 27.2 Å². The van der Waals surface area contributed by atoms with Crippen LogP contribution in [0.4, 0.5) is 39.5 Å². The molecule has 2 aliphatic rings. The molecule has 0 saturated carbocycles. The van der Waals surface area contributed by atoms with Crippen LogP contribution in [0.15, 0.2) is 77.7 Å². The molecule has 2 fully saturated rings. The number of carbonyl (C=O) groups excluding carboxylic acids is 1. The highest BCUT2D eigenvalue weighted by Crippen LogP contribution is 2.40. The van der Waals surface area contributed by atoms with Gasteiger partial charge in [-0.15, -0.1) is 0 Å². The first-order valence-corrected chi connectivity index (χ1v) is 18.9. The van der Waals surface area contributed by atoms with Gasteiger partial charge >= 0.3 is 18.5 Å². The van der Waals surface area contributed by atoms with Gasteiger partial charge in [-0.3, -0.25) is 14.6 Å². The van der Waals surface area contributed by atoms with E-state index in [0.29, 0.717) is 6.42 Å². The van der Waals surface area contributed by atoms with Gasteiger partial charge < -0.3 is 5.32 Å². The third-order valence-electron chi connectivity index (χ3n) is 9.99. The molecule has 17 heteroatoms. The van der Waals surface area contributed by atoms with Crippen LogP contribution in [0, 0.1) is 0 Å². The number of aromatic nitrogens is 1. The van der Waals surface area contributed by atoms with Crippen LogP contribution in [0.2, 0.25) is 0 Å². The maximum absolute atomic E-state index is 14.6. The SMILES string of the molecule is CS(=O)(=O)c1ccc2nc(-c3cccc(C(F)(F)F)c3)c(CN3CCC(N4CCCC4C(F)(F)F)CC3)c(C(=O)NC(c3ccccc3)C(F)(F)F)c2c1. The summed E-state index contributed by atoms with van der Waals surface area (Å²) in [6, 6.07) is 9.48. The normalized spacial score (nSPS) is 19.0. The van der Waals surface area contributed by atoms with Gasteiger partial charge in [0, 0.05) is 35.4 Å². The minimum atomic E-state index is -5.01. The van der Waals surface area contributed by atoms with Crippen molar-refractivity contribution in [3.05, 3.63) is 95.1 Å². The third kappa shape index (κ3) is 8.52. The number of rotatable bonds is 8. The van der Waals surface area contributed by atoms with E-state index in [1.807, 2.05) is 5.32 Å². The zero-order chi connectivity index (χ0) is 39.2. The van der Waals surface area contributed by atoms with E-state index < -0.39 is 63.5 Å². The second-order valence-electron chi connectivity index (χ2n) is 13.6. The number of likely N-dealkylation sites (tertiary alicyclic amines) is 2. The topological polar surface area (TPSA) is 82.6 Å². The number of benzene rings is 3. The fourth-order valence-corrected chi connectivity index (χ4v) is 8.07. The standard InChI is InChI=1S/C37H35F9N4O3S/c1-54(52,53)26-12-13-29-27(20-26)31(34(51)48-33(37(44,45)46)22-7-3-2-4-8-22)28(32(47-29)23-9-5-10-24(19-23)35(38,39)40)21-49-17-14-25(15-18-49)50-16-6-11-30(50)36(41,42)43/h2-5,7-10,12-13,19-20,25,30,33H,6,11,14-18,21H2,1H3,(H,48,51). The molecule has 1 amide bonds. The number of hydrogen-bond acceptors (Lipinski definition) is 6. The Morgan fingerprint density at radius 3 is 2.17 bits per heavy atom. The Kier molecular flexibility index (Phi) is 10.8. The molecule has 4 aromatic rings. The summed E-state index contributed by atoms with van der Waals surface area (Å²) in [7, 11) is -3.94. The van der Waals surface area contributed by atoms with Gasteiger partial charge in [-0.1, -0.05) is 42.5 Å². The van der Waals surface area contributed by atoms with Crippen LogP contribution in [-0.4, -0.2) is 79.4 Å². The van der Waals surface area contributed by atoms with Gasteiger partial charge in [-0.05, 0) is 81.2 Å². The number of nitrogens with one attached hydrogen (secondary N) is 1. The van der Waals surface area contributed by atoms with Crippen LogP contribution in [0.3, 0.4) is 0 Å². The van der Waals surface area contributed by atoms with E-state index in [9.17, 15) is 52.7 Å². The van der Waals surface area contributed by atoms with Crippen LogP contribution in [0.5, 0.6) is 0 Å². The van der Waals surface area contributed by atoms with Crippen molar-refractivity contribution < 1.29 is 52.7 Å². The zero-order valence-corrected chi connectivity index (χ0v) is 29.5. The Morgan fingerprint density at radius 1 is 0.870 bits per heavy atom. The summed E-state index contributed by atoms with van der Waals surface area (Å²) in [5.74, 6) is -1.29. The highest BCUT2D eigenvalue weighted by Gasteiger charge is 2.48. The van der Waals surface area contributed by atoms with Crippen LogP contribution >= 0.6 is 0 Å². The summed E-state index contributed by atoms with van der Waals surface area (Å²) in [6.07, 6.45) is -12.4. The number of carbonyl (C=O) groups is 1. The lowest BCUT2D eigenvalue weighted by Gasteiger charge is -2.40. The van der Waals surface area contributed by atoms with Crippen molar-refractivity contribution in [1.82, 2.24) is 20.1 Å². The highest BCUT2D eigenvalue weighted by molar-refractivity contribution is 7.90. The van der Waals surface area contributed by atoms with Crippen molar-refractivity contribution in [1.29, 1.82) is 0 Å². The molecular weight excluding hydrogens is 751 g/mol. The molecule has 0 aliphatic carbocycles. The number of pyridine rings is 1. The second kappa shape index (κ2) is 14.8. The summed E-state index contributed by atoms with van der Waals surface area (Å²) in [5, 5.41) is 1.88. The Labute approximate surface area is 305 Å². The third-order valence-corrected chi connectivity index (χ3v) is 11.1. The summed E-state index contributed by atoms with van der Waals surface area (Å²) < 4.78 is 152. The number of amides is 1. The van der Waals surface area contributed by atoms with Gasteiger partial charge in [0.15, 0.2) is 15.9 Å². The fraction of sp³-hybridized carbons (Fsp3) is 0.405. The van der Waals surface area contributed by atoms with Crippen molar-refractivity contribution >= 4 is 26.6 Å². The maximum atomic E-state index is 14.6. The predicted octanol–water partition coefficient (Wildman–Crippen LogP) is 8.35. The van der Waals surface area contributed by atoms with Gasteiger partial charge in [-0.25, -0.2) is 13.4 Å². The van der Waals surface area contributed by atoms with Gasteiger partial charge in [0.2, 0.25) is 0 Å². The molecule has 2 aliphatic heterocycles. The first-order chi connectivity index (χ1) is 25.2. The molecule has 0 bridgehead atoms. The summed E-state index contributed by atoms with van der Waals surface area (Å²) in [5.41, 5.74) is -2.22. The number of nitrogens with zero attached hydrogens (tertiary/aromatic N) is 3. The highest BCUT2D eigenvalue weighted by atomic mass is 32.2. The number of sulfone groups is 1. The van der Waals surface area contributed by atoms with E-state index in [1.54, 1.807) is 4.90 Å². The van der Waals surface area contributed by atoms with Crippen LogP contribution < -0.4 is 5.32 Å². The summed E-state index contributed by atoms with van der Waals surface area (Å²) in [6.45, 7) is 0.382. The largest absolute Gasteiger partial charge is 0.416 e. The lowest BCUT2D eigenvalue weighted by molar-refractivity contribution is -0.182. The van der Waals surface area contributed by atoms with Crippen molar-refractivity contribution in [2.75, 3.05) is 25.9 Å². The average molecular weight is 787 g/mol. The van der Waals surface area contributed by atoms with E-state index >= 15 is 0 Å². The molecule has 2 atom stereocenters. The second-order valence-corrected chi connectivity index (χ2v) is 15.7. The Morgan fingerprint density at radius 2 is 1.56 bits per heavy atom. The fourth-order valence-electron chi connectivity index (χ4n) is 7.42. The minimum Gasteiger partial charge on any atom is -0.337 e. The predicted molar refractivity (Wildman–Crippen MR) is 182 cm³/mol. The van der Waals surface area contributed by atoms with Gasteiger partial charge in [0.1, 0.15) is 6.04 Å². The first kappa shape index (κ1) is 39.5. The molecule has 7 nitrogen and oxygen atoms in total. The lowest BCUT2D eigenvalue weighted by Crippen LogP contribution is -2.50. The molecule has 3 heterocycles. The Balaban J connectivity index is 1.50. The Bertz CT molecular complexity index is 2120. The summed E-state index contributed by atoms with van der Waals surface area (Å²) >= 11 is 0. The number of halogens is 9. The molecule has 2 saturated heterocycles. The van der Waals surface area contributed by atoms with E-state index in [4.69, 9.17) is 0 Å². The van der Waals surface area contributed by atoms with Gasteiger partial charge in [-0.2, -0.15) is 39.5 Å². The average Bonchev–Trinajstić information content (AvgIpc) is 3.61. The quantitative estimate of drug-likeness (QED) is 0.181. The Hall–Kier alpha value is -4.22. The number of fused-ring (bicyclic) bond motifs is 1. The molecule has 290 valence electrons. The number of hydrogen-bond donors (Lipinski definition) is 1. The number of piperidine rings is 1. The van der Waals surface area contributed by atoms with Crippen LogP contribution in [-0.2, 0) is 22.6 Å². The van der Waals surface area contributed by atoms with Crippen LogP contribution in [0.1, 0.15) is 58.8 Å². The molecule has 6 rings (SSSR count).